The minimum absolute atomic E-state index is 0.250. The highest BCUT2D eigenvalue weighted by molar-refractivity contribution is 5.97. The van der Waals surface area contributed by atoms with Crippen LogP contribution in [0.4, 0.5) is 4.39 Å². The van der Waals surface area contributed by atoms with E-state index in [0.29, 0.717) is 11.3 Å². The Kier molecular flexibility index (Phi) is 4.13. The smallest absolute Gasteiger partial charge is 0.193 e. The molecule has 0 atom stereocenters. The molecule has 1 fully saturated rings. The average Bonchev–Trinajstić information content (AvgIpc) is 2.39. The summed E-state index contributed by atoms with van der Waals surface area (Å²) < 4.78 is 18.1. The maximum absolute atomic E-state index is 12.3. The normalized spacial score (nSPS) is 16.8. The monoisotopic (exact) mass is 236 g/mol. The first-order chi connectivity index (χ1) is 8.29. The topological polar surface area (TPSA) is 26.3 Å². The number of hydrogen-bond donors (Lipinski definition) is 0. The first-order valence-corrected chi connectivity index (χ1v) is 6.15. The van der Waals surface area contributed by atoms with Gasteiger partial charge in [0.1, 0.15) is 5.75 Å². The number of benzene rings is 1. The van der Waals surface area contributed by atoms with Crippen molar-refractivity contribution in [3.63, 3.8) is 0 Å². The minimum atomic E-state index is -0.952. The summed E-state index contributed by atoms with van der Waals surface area (Å²) in [7, 11) is 0. The van der Waals surface area contributed by atoms with Crippen molar-refractivity contribution < 1.29 is 13.9 Å². The largest absolute Gasteiger partial charge is 0.490 e. The van der Waals surface area contributed by atoms with Crippen LogP contribution in [0.25, 0.3) is 0 Å². The molecule has 0 radical (unpaired) electrons. The number of carbonyl (C=O) groups is 1. The lowest BCUT2D eigenvalue weighted by Gasteiger charge is -2.23. The van der Waals surface area contributed by atoms with Crippen LogP contribution in [0.5, 0.6) is 5.75 Å². The van der Waals surface area contributed by atoms with Crippen LogP contribution in [-0.4, -0.2) is 18.6 Å². The van der Waals surface area contributed by atoms with E-state index in [1.807, 2.05) is 6.07 Å². The summed E-state index contributed by atoms with van der Waals surface area (Å²) in [5.74, 6) is 0.190. The molecular formula is C14H17FO2. The summed E-state index contributed by atoms with van der Waals surface area (Å²) in [5.41, 5.74) is 0.390. The molecule has 0 spiro atoms. The van der Waals surface area contributed by atoms with E-state index in [1.165, 1.54) is 19.3 Å². The van der Waals surface area contributed by atoms with Gasteiger partial charge in [-0.25, -0.2) is 4.39 Å². The number of Topliss-reactive ketones (excluding diaryl/α,β-unsaturated/α-hetero) is 1. The molecule has 1 aromatic carbocycles. The van der Waals surface area contributed by atoms with Crippen molar-refractivity contribution in [1.82, 2.24) is 0 Å². The molecule has 3 heteroatoms. The van der Waals surface area contributed by atoms with E-state index in [1.54, 1.807) is 18.2 Å². The van der Waals surface area contributed by atoms with Crippen molar-refractivity contribution in [3.8, 4) is 5.75 Å². The van der Waals surface area contributed by atoms with Gasteiger partial charge in [0.25, 0.3) is 0 Å². The van der Waals surface area contributed by atoms with Gasteiger partial charge in [0.2, 0.25) is 0 Å². The molecule has 92 valence electrons. The number of halogens is 1. The van der Waals surface area contributed by atoms with Gasteiger partial charge < -0.3 is 4.74 Å². The quantitative estimate of drug-likeness (QED) is 0.747. The molecule has 0 heterocycles. The molecule has 1 aromatic rings. The number of ether oxygens (including phenoxy) is 1. The Morgan fingerprint density at radius 1 is 1.29 bits per heavy atom. The number of hydrogen-bond acceptors (Lipinski definition) is 2. The van der Waals surface area contributed by atoms with E-state index in [-0.39, 0.29) is 6.10 Å². The molecule has 0 aromatic heterocycles. The molecule has 0 bridgehead atoms. The average molecular weight is 236 g/mol. The van der Waals surface area contributed by atoms with Gasteiger partial charge in [0.05, 0.1) is 6.10 Å². The van der Waals surface area contributed by atoms with Gasteiger partial charge in [0, 0.05) is 5.56 Å². The van der Waals surface area contributed by atoms with E-state index >= 15 is 0 Å². The predicted molar refractivity (Wildman–Crippen MR) is 64.2 cm³/mol. The zero-order valence-electron chi connectivity index (χ0n) is 9.82. The lowest BCUT2D eigenvalue weighted by Crippen LogP contribution is -2.19. The Labute approximate surface area is 101 Å². The van der Waals surface area contributed by atoms with Gasteiger partial charge in [0.15, 0.2) is 12.5 Å². The second-order valence-corrected chi connectivity index (χ2v) is 4.46. The maximum atomic E-state index is 12.3. The van der Waals surface area contributed by atoms with Gasteiger partial charge in [-0.15, -0.1) is 0 Å². The van der Waals surface area contributed by atoms with Gasteiger partial charge in [-0.05, 0) is 37.8 Å². The number of carbonyl (C=O) groups excluding carboxylic acids is 1. The number of ketones is 1. The van der Waals surface area contributed by atoms with Crippen LogP contribution in [0.1, 0.15) is 42.5 Å². The fraction of sp³-hybridized carbons (Fsp3) is 0.500. The standard InChI is InChI=1S/C14H17FO2/c15-10-14(16)11-5-4-8-13(9-11)17-12-6-2-1-3-7-12/h4-5,8-9,12H,1-3,6-7,10H2. The van der Waals surface area contributed by atoms with Crippen molar-refractivity contribution in [3.05, 3.63) is 29.8 Å². The molecule has 1 aliphatic carbocycles. The summed E-state index contributed by atoms with van der Waals surface area (Å²) in [6, 6.07) is 6.82. The first-order valence-electron chi connectivity index (χ1n) is 6.15. The van der Waals surface area contributed by atoms with Crippen LogP contribution in [-0.2, 0) is 0 Å². The van der Waals surface area contributed by atoms with Crippen molar-refractivity contribution in [2.24, 2.45) is 0 Å². The summed E-state index contributed by atoms with van der Waals surface area (Å²) >= 11 is 0. The van der Waals surface area contributed by atoms with Crippen LogP contribution in [0.3, 0.4) is 0 Å². The first kappa shape index (κ1) is 12.1. The van der Waals surface area contributed by atoms with Gasteiger partial charge >= 0.3 is 0 Å². The lowest BCUT2D eigenvalue weighted by molar-refractivity contribution is 0.0957. The Morgan fingerprint density at radius 3 is 2.76 bits per heavy atom. The third-order valence-corrected chi connectivity index (χ3v) is 3.13. The second kappa shape index (κ2) is 5.80. The highest BCUT2D eigenvalue weighted by Gasteiger charge is 2.15. The SMILES string of the molecule is O=C(CF)c1cccc(OC2CCCCC2)c1. The molecule has 2 nitrogen and oxygen atoms in total. The van der Waals surface area contributed by atoms with E-state index in [0.717, 1.165) is 12.8 Å². The molecule has 0 aliphatic heterocycles. The van der Waals surface area contributed by atoms with Crippen LogP contribution < -0.4 is 4.74 Å². The molecule has 0 saturated heterocycles. The van der Waals surface area contributed by atoms with Crippen molar-refractivity contribution in [1.29, 1.82) is 0 Å². The zero-order valence-corrected chi connectivity index (χ0v) is 9.82. The molecule has 0 amide bonds. The molecule has 1 saturated carbocycles. The maximum Gasteiger partial charge on any atom is 0.193 e. The summed E-state index contributed by atoms with van der Waals surface area (Å²) in [6.07, 6.45) is 6.07. The molecule has 0 unspecified atom stereocenters. The number of alkyl halides is 1. The lowest BCUT2D eigenvalue weighted by atomic mass is 9.98. The molecule has 0 N–H and O–H groups in total. The molecule has 17 heavy (non-hydrogen) atoms. The van der Waals surface area contributed by atoms with Crippen molar-refractivity contribution in [2.45, 2.75) is 38.2 Å². The van der Waals surface area contributed by atoms with E-state index in [9.17, 15) is 9.18 Å². The fourth-order valence-corrected chi connectivity index (χ4v) is 2.20. The van der Waals surface area contributed by atoms with Crippen LogP contribution in [0, 0.1) is 0 Å². The third-order valence-electron chi connectivity index (χ3n) is 3.13. The van der Waals surface area contributed by atoms with E-state index < -0.39 is 12.5 Å². The van der Waals surface area contributed by atoms with Crippen molar-refractivity contribution >= 4 is 5.78 Å². The summed E-state index contributed by atoms with van der Waals surface area (Å²) in [6.45, 7) is -0.952. The second-order valence-electron chi connectivity index (χ2n) is 4.46. The third kappa shape index (κ3) is 3.29. The van der Waals surface area contributed by atoms with Gasteiger partial charge in [-0.1, -0.05) is 18.6 Å². The minimum Gasteiger partial charge on any atom is -0.490 e. The Hall–Kier alpha value is -1.38. The zero-order chi connectivity index (χ0) is 12.1. The van der Waals surface area contributed by atoms with Crippen LogP contribution in [0.15, 0.2) is 24.3 Å². The summed E-state index contributed by atoms with van der Waals surface area (Å²) in [5, 5.41) is 0. The van der Waals surface area contributed by atoms with Gasteiger partial charge in [-0.2, -0.15) is 0 Å². The van der Waals surface area contributed by atoms with Crippen LogP contribution >= 0.6 is 0 Å². The number of rotatable bonds is 4. The predicted octanol–water partition coefficient (Wildman–Crippen LogP) is 3.55. The highest BCUT2D eigenvalue weighted by Crippen LogP contribution is 2.24. The van der Waals surface area contributed by atoms with Gasteiger partial charge in [-0.3, -0.25) is 4.79 Å². The Bertz CT molecular complexity index is 384. The van der Waals surface area contributed by atoms with Crippen molar-refractivity contribution in [2.75, 3.05) is 6.67 Å². The molecular weight excluding hydrogens is 219 g/mol. The van der Waals surface area contributed by atoms with E-state index in [2.05, 4.69) is 0 Å². The van der Waals surface area contributed by atoms with Crippen LogP contribution in [0.2, 0.25) is 0 Å². The highest BCUT2D eigenvalue weighted by atomic mass is 19.1. The van der Waals surface area contributed by atoms with E-state index in [4.69, 9.17) is 4.74 Å². The molecule has 2 rings (SSSR count). The Balaban J connectivity index is 2.02. The molecule has 1 aliphatic rings. The Morgan fingerprint density at radius 2 is 2.06 bits per heavy atom. The fourth-order valence-electron chi connectivity index (χ4n) is 2.20. The summed E-state index contributed by atoms with van der Waals surface area (Å²) in [4.78, 5) is 11.2.